The molecule has 4 atom stereocenters. The second-order valence-electron chi connectivity index (χ2n) is 9.74. The first-order valence-corrected chi connectivity index (χ1v) is 12.8. The molecule has 0 fully saturated rings. The number of benzene rings is 1. The van der Waals surface area contributed by atoms with Crippen LogP contribution in [-0.4, -0.2) is 75.6 Å². The molecule has 0 saturated heterocycles. The monoisotopic (exact) mass is 546 g/mol. The SMILES string of the molecule is CC(C)C(N)C(=O)NC(CCCCN)C(=O)NC(Cc1c[nH]c2ccccc12)C(=O)NC(CC(=O)O)C(=O)O. The van der Waals surface area contributed by atoms with Crippen molar-refractivity contribution in [2.75, 3.05) is 6.54 Å². The predicted octanol–water partition coefficient (Wildman–Crippen LogP) is -0.164. The molecule has 0 bridgehead atoms. The normalized spacial score (nSPS) is 14.3. The Morgan fingerprint density at radius 2 is 1.51 bits per heavy atom. The third kappa shape index (κ3) is 9.37. The average Bonchev–Trinajstić information content (AvgIpc) is 3.29. The third-order valence-corrected chi connectivity index (χ3v) is 6.33. The summed E-state index contributed by atoms with van der Waals surface area (Å²) in [5.74, 6) is -5.19. The number of rotatable bonds is 16. The minimum absolute atomic E-state index is 0.0318. The van der Waals surface area contributed by atoms with Gasteiger partial charge in [0.2, 0.25) is 17.7 Å². The molecule has 0 aliphatic heterocycles. The van der Waals surface area contributed by atoms with Crippen molar-refractivity contribution >= 4 is 40.6 Å². The Bertz CT molecular complexity index is 1160. The second-order valence-corrected chi connectivity index (χ2v) is 9.74. The van der Waals surface area contributed by atoms with Crippen LogP contribution in [0.3, 0.4) is 0 Å². The Labute approximate surface area is 226 Å². The number of para-hydroxylation sites is 1. The first-order chi connectivity index (χ1) is 18.4. The fraction of sp³-hybridized carbons (Fsp3) is 0.500. The molecule has 0 aliphatic rings. The molecule has 2 aromatic rings. The number of carboxylic acid groups (broad SMARTS) is 2. The fourth-order valence-corrected chi connectivity index (χ4v) is 3.98. The molecule has 1 aromatic heterocycles. The number of aromatic amines is 1. The van der Waals surface area contributed by atoms with E-state index in [1.807, 2.05) is 24.3 Å². The van der Waals surface area contributed by atoms with E-state index >= 15 is 0 Å². The van der Waals surface area contributed by atoms with Crippen molar-refractivity contribution in [3.8, 4) is 0 Å². The number of fused-ring (bicyclic) bond motifs is 1. The maximum Gasteiger partial charge on any atom is 0.326 e. The van der Waals surface area contributed by atoms with E-state index in [2.05, 4.69) is 20.9 Å². The molecule has 10 N–H and O–H groups in total. The van der Waals surface area contributed by atoms with E-state index in [0.717, 1.165) is 10.9 Å². The number of nitrogens with two attached hydrogens (primary N) is 2. The van der Waals surface area contributed by atoms with Gasteiger partial charge in [0.15, 0.2) is 0 Å². The smallest absolute Gasteiger partial charge is 0.326 e. The Hall–Kier alpha value is -3.97. The van der Waals surface area contributed by atoms with Crippen LogP contribution in [0.1, 0.15) is 45.1 Å². The molecule has 0 saturated carbocycles. The van der Waals surface area contributed by atoms with Crippen LogP contribution >= 0.6 is 0 Å². The molecule has 13 heteroatoms. The van der Waals surface area contributed by atoms with Crippen molar-refractivity contribution in [2.24, 2.45) is 17.4 Å². The van der Waals surface area contributed by atoms with E-state index in [0.29, 0.717) is 24.9 Å². The van der Waals surface area contributed by atoms with Crippen molar-refractivity contribution in [1.29, 1.82) is 0 Å². The highest BCUT2D eigenvalue weighted by molar-refractivity contribution is 5.95. The highest BCUT2D eigenvalue weighted by Crippen LogP contribution is 2.19. The first-order valence-electron chi connectivity index (χ1n) is 12.8. The van der Waals surface area contributed by atoms with Crippen LogP contribution in [0.25, 0.3) is 10.9 Å². The van der Waals surface area contributed by atoms with Crippen molar-refractivity contribution in [3.05, 3.63) is 36.0 Å². The van der Waals surface area contributed by atoms with E-state index in [4.69, 9.17) is 16.6 Å². The lowest BCUT2D eigenvalue weighted by atomic mass is 10.0. The van der Waals surface area contributed by atoms with E-state index in [1.165, 1.54) is 0 Å². The third-order valence-electron chi connectivity index (χ3n) is 6.33. The number of aliphatic carboxylic acids is 2. The largest absolute Gasteiger partial charge is 0.481 e. The number of carbonyl (C=O) groups is 5. The number of hydrogen-bond acceptors (Lipinski definition) is 7. The zero-order chi connectivity index (χ0) is 29.1. The summed E-state index contributed by atoms with van der Waals surface area (Å²) in [6.07, 6.45) is 2.15. The quantitative estimate of drug-likeness (QED) is 0.131. The standard InChI is InChI=1S/C26H38N6O7/c1-14(2)22(28)25(37)30-18(9-5-6-10-27)23(35)31-19(24(36)32-20(26(38)39)12-21(33)34)11-15-13-29-17-8-4-3-7-16(15)17/h3-4,7-8,13-14,18-20,22,29H,5-6,9-12,27-28H2,1-2H3,(H,30,37)(H,31,35)(H,32,36)(H,33,34)(H,38,39). The van der Waals surface area contributed by atoms with Crippen LogP contribution in [0.5, 0.6) is 0 Å². The van der Waals surface area contributed by atoms with Gasteiger partial charge in [-0.25, -0.2) is 4.79 Å². The lowest BCUT2D eigenvalue weighted by Gasteiger charge is -2.25. The molecule has 1 heterocycles. The van der Waals surface area contributed by atoms with Gasteiger partial charge in [-0.2, -0.15) is 0 Å². The Kier molecular flexibility index (Phi) is 11.9. The first kappa shape index (κ1) is 31.2. The van der Waals surface area contributed by atoms with Gasteiger partial charge in [0.25, 0.3) is 0 Å². The molecule has 2 rings (SSSR count). The molecule has 1 aromatic carbocycles. The number of carboxylic acids is 2. The zero-order valence-corrected chi connectivity index (χ0v) is 22.1. The van der Waals surface area contributed by atoms with Gasteiger partial charge in [0.1, 0.15) is 18.1 Å². The van der Waals surface area contributed by atoms with Gasteiger partial charge in [-0.3, -0.25) is 19.2 Å². The molecular weight excluding hydrogens is 508 g/mol. The summed E-state index contributed by atoms with van der Waals surface area (Å²) in [5, 5.41) is 26.7. The number of H-pyrrole nitrogens is 1. The summed E-state index contributed by atoms with van der Waals surface area (Å²) in [5.41, 5.74) is 13.0. The zero-order valence-electron chi connectivity index (χ0n) is 22.1. The van der Waals surface area contributed by atoms with Crippen molar-refractivity contribution in [1.82, 2.24) is 20.9 Å². The fourth-order valence-electron chi connectivity index (χ4n) is 3.98. The molecule has 0 aliphatic carbocycles. The van der Waals surface area contributed by atoms with E-state index in [-0.39, 0.29) is 18.8 Å². The summed E-state index contributed by atoms with van der Waals surface area (Å²) in [6, 6.07) is 2.43. The Balaban J connectivity index is 2.33. The van der Waals surface area contributed by atoms with Crippen molar-refractivity contribution in [3.63, 3.8) is 0 Å². The van der Waals surface area contributed by atoms with E-state index in [1.54, 1.807) is 20.0 Å². The number of nitrogens with one attached hydrogen (secondary N) is 4. The van der Waals surface area contributed by atoms with Crippen LogP contribution in [-0.2, 0) is 30.4 Å². The summed E-state index contributed by atoms with van der Waals surface area (Å²) >= 11 is 0. The summed E-state index contributed by atoms with van der Waals surface area (Å²) in [6.45, 7) is 3.93. The van der Waals surface area contributed by atoms with Crippen LogP contribution in [0, 0.1) is 5.92 Å². The lowest BCUT2D eigenvalue weighted by Crippen LogP contribution is -2.58. The van der Waals surface area contributed by atoms with Crippen LogP contribution in [0.4, 0.5) is 0 Å². The van der Waals surface area contributed by atoms with Crippen molar-refractivity contribution in [2.45, 2.75) is 70.1 Å². The minimum Gasteiger partial charge on any atom is -0.481 e. The van der Waals surface area contributed by atoms with Gasteiger partial charge in [-0.15, -0.1) is 0 Å². The number of amides is 3. The second kappa shape index (κ2) is 14.8. The number of hydrogen-bond donors (Lipinski definition) is 8. The number of aromatic nitrogens is 1. The van der Waals surface area contributed by atoms with E-state index < -0.39 is 60.2 Å². The molecule has 0 spiro atoms. The molecular formula is C26H38N6O7. The van der Waals surface area contributed by atoms with Gasteiger partial charge in [-0.1, -0.05) is 32.0 Å². The van der Waals surface area contributed by atoms with Crippen molar-refractivity contribution < 1.29 is 34.2 Å². The van der Waals surface area contributed by atoms with Gasteiger partial charge >= 0.3 is 11.9 Å². The number of unbranched alkanes of at least 4 members (excludes halogenated alkanes) is 1. The summed E-state index contributed by atoms with van der Waals surface area (Å²) in [7, 11) is 0. The van der Waals surface area contributed by atoms with Crippen LogP contribution < -0.4 is 27.4 Å². The van der Waals surface area contributed by atoms with Crippen LogP contribution in [0.2, 0.25) is 0 Å². The minimum atomic E-state index is -1.71. The Morgan fingerprint density at radius 3 is 2.13 bits per heavy atom. The maximum absolute atomic E-state index is 13.4. The van der Waals surface area contributed by atoms with Crippen LogP contribution in [0.15, 0.2) is 30.5 Å². The number of carbonyl (C=O) groups excluding carboxylic acids is 3. The molecule has 39 heavy (non-hydrogen) atoms. The lowest BCUT2D eigenvalue weighted by molar-refractivity contribution is -0.147. The molecule has 0 radical (unpaired) electrons. The van der Waals surface area contributed by atoms with Gasteiger partial charge in [-0.05, 0) is 43.4 Å². The highest BCUT2D eigenvalue weighted by atomic mass is 16.4. The predicted molar refractivity (Wildman–Crippen MR) is 143 cm³/mol. The van der Waals surface area contributed by atoms with Gasteiger partial charge in [0.05, 0.1) is 12.5 Å². The average molecular weight is 547 g/mol. The van der Waals surface area contributed by atoms with Gasteiger partial charge in [0, 0.05) is 23.5 Å². The maximum atomic E-state index is 13.4. The molecule has 214 valence electrons. The van der Waals surface area contributed by atoms with E-state index in [9.17, 15) is 29.1 Å². The highest BCUT2D eigenvalue weighted by Gasteiger charge is 2.32. The molecule has 4 unspecified atom stereocenters. The Morgan fingerprint density at radius 1 is 0.897 bits per heavy atom. The topological polar surface area (TPSA) is 230 Å². The molecule has 3 amide bonds. The van der Waals surface area contributed by atoms with Gasteiger partial charge < -0.3 is 42.6 Å². The summed E-state index contributed by atoms with van der Waals surface area (Å²) < 4.78 is 0. The molecule has 13 nitrogen and oxygen atoms in total. The summed E-state index contributed by atoms with van der Waals surface area (Å²) in [4.78, 5) is 65.0.